The molecule has 1 heterocycles. The zero-order chi connectivity index (χ0) is 15.4. The van der Waals surface area contributed by atoms with E-state index in [4.69, 9.17) is 9.47 Å². The molecule has 0 unspecified atom stereocenters. The fraction of sp³-hybridized carbons (Fsp3) is 0.647. The molecule has 4 heteroatoms. The van der Waals surface area contributed by atoms with Gasteiger partial charge >= 0.3 is 0 Å². The summed E-state index contributed by atoms with van der Waals surface area (Å²) in [7, 11) is 5.55. The Morgan fingerprint density at radius 3 is 2.57 bits per heavy atom. The number of ether oxygens (including phenoxy) is 2. The summed E-state index contributed by atoms with van der Waals surface area (Å²) in [5, 5.41) is 3.70. The average molecular weight is 292 g/mol. The highest BCUT2D eigenvalue weighted by atomic mass is 16.5. The summed E-state index contributed by atoms with van der Waals surface area (Å²) in [6.45, 7) is 6.65. The standard InChI is InChI=1S/C17H28N2O2/c1-12-11-19(3)13(2)8-15(12)18-10-14-6-7-16(20-4)17(9-14)21-5/h6-7,9,12-13,15,18H,8,10-11H2,1-5H3/t12-,13-,15+/m1/s1. The Balaban J connectivity index is 1.96. The van der Waals surface area contributed by atoms with Gasteiger partial charge in [-0.25, -0.2) is 0 Å². The SMILES string of the molecule is COc1ccc(CN[C@H]2C[C@@H](C)N(C)C[C@H]2C)cc1OC. The molecular formula is C17H28N2O2. The van der Waals surface area contributed by atoms with Gasteiger partial charge in [-0.3, -0.25) is 0 Å². The Morgan fingerprint density at radius 2 is 1.90 bits per heavy atom. The number of nitrogens with one attached hydrogen (secondary N) is 1. The van der Waals surface area contributed by atoms with Crippen LogP contribution in [0.3, 0.4) is 0 Å². The molecule has 1 aromatic rings. The van der Waals surface area contributed by atoms with Gasteiger partial charge in [0.25, 0.3) is 0 Å². The molecule has 1 fully saturated rings. The fourth-order valence-corrected chi connectivity index (χ4v) is 3.07. The quantitative estimate of drug-likeness (QED) is 0.904. The van der Waals surface area contributed by atoms with Crippen molar-refractivity contribution in [2.24, 2.45) is 5.92 Å². The van der Waals surface area contributed by atoms with Crippen LogP contribution < -0.4 is 14.8 Å². The summed E-state index contributed by atoms with van der Waals surface area (Å²) in [6.07, 6.45) is 1.20. The van der Waals surface area contributed by atoms with Crippen LogP contribution >= 0.6 is 0 Å². The second kappa shape index (κ2) is 7.14. The van der Waals surface area contributed by atoms with Crippen LogP contribution in [0.5, 0.6) is 11.5 Å². The minimum absolute atomic E-state index is 0.573. The molecule has 118 valence electrons. The van der Waals surface area contributed by atoms with E-state index in [9.17, 15) is 0 Å². The van der Waals surface area contributed by atoms with E-state index in [2.05, 4.69) is 43.2 Å². The van der Waals surface area contributed by atoms with E-state index in [0.717, 1.165) is 24.6 Å². The van der Waals surface area contributed by atoms with Gasteiger partial charge in [0.05, 0.1) is 14.2 Å². The number of hydrogen-bond donors (Lipinski definition) is 1. The maximum Gasteiger partial charge on any atom is 0.161 e. The lowest BCUT2D eigenvalue weighted by molar-refractivity contribution is 0.121. The van der Waals surface area contributed by atoms with Gasteiger partial charge in [-0.2, -0.15) is 0 Å². The van der Waals surface area contributed by atoms with Crippen LogP contribution in [0, 0.1) is 5.92 Å². The monoisotopic (exact) mass is 292 g/mol. The van der Waals surface area contributed by atoms with E-state index < -0.39 is 0 Å². The number of piperidine rings is 1. The van der Waals surface area contributed by atoms with Gasteiger partial charge in [-0.1, -0.05) is 13.0 Å². The highest BCUT2D eigenvalue weighted by molar-refractivity contribution is 5.42. The molecule has 0 amide bonds. The van der Waals surface area contributed by atoms with E-state index in [1.165, 1.54) is 12.0 Å². The summed E-state index contributed by atoms with van der Waals surface area (Å²) < 4.78 is 10.6. The number of benzene rings is 1. The minimum Gasteiger partial charge on any atom is -0.493 e. The van der Waals surface area contributed by atoms with E-state index in [1.54, 1.807) is 14.2 Å². The first kappa shape index (κ1) is 16.1. The molecule has 1 N–H and O–H groups in total. The van der Waals surface area contributed by atoms with Gasteiger partial charge in [0.1, 0.15) is 0 Å². The zero-order valence-corrected chi connectivity index (χ0v) is 13.8. The largest absolute Gasteiger partial charge is 0.493 e. The van der Waals surface area contributed by atoms with E-state index in [1.807, 2.05) is 6.07 Å². The van der Waals surface area contributed by atoms with Crippen molar-refractivity contribution in [1.29, 1.82) is 0 Å². The maximum absolute atomic E-state index is 5.36. The molecule has 4 nitrogen and oxygen atoms in total. The Bertz CT molecular complexity index is 464. The zero-order valence-electron chi connectivity index (χ0n) is 13.8. The van der Waals surface area contributed by atoms with Gasteiger partial charge in [-0.05, 0) is 44.0 Å². The molecule has 1 aliphatic heterocycles. The third kappa shape index (κ3) is 3.89. The third-order valence-electron chi connectivity index (χ3n) is 4.63. The Kier molecular flexibility index (Phi) is 5.48. The molecule has 0 radical (unpaired) electrons. The van der Waals surface area contributed by atoms with Crippen molar-refractivity contribution in [2.75, 3.05) is 27.8 Å². The lowest BCUT2D eigenvalue weighted by Crippen LogP contribution is -2.50. The maximum atomic E-state index is 5.36. The van der Waals surface area contributed by atoms with Gasteiger partial charge in [-0.15, -0.1) is 0 Å². The highest BCUT2D eigenvalue weighted by Crippen LogP contribution is 2.28. The molecule has 1 aliphatic rings. The van der Waals surface area contributed by atoms with Crippen LogP contribution in [0.2, 0.25) is 0 Å². The Morgan fingerprint density at radius 1 is 1.19 bits per heavy atom. The van der Waals surface area contributed by atoms with Gasteiger partial charge < -0.3 is 19.7 Å². The average Bonchev–Trinajstić information content (AvgIpc) is 2.49. The molecule has 0 spiro atoms. The Hall–Kier alpha value is -1.26. The van der Waals surface area contributed by atoms with Crippen LogP contribution in [0.25, 0.3) is 0 Å². The van der Waals surface area contributed by atoms with E-state index >= 15 is 0 Å². The summed E-state index contributed by atoms with van der Waals surface area (Å²) in [5.41, 5.74) is 1.23. The normalized spacial score (nSPS) is 26.6. The first-order valence-electron chi connectivity index (χ1n) is 7.69. The topological polar surface area (TPSA) is 33.7 Å². The van der Waals surface area contributed by atoms with Crippen molar-refractivity contribution in [2.45, 2.75) is 38.9 Å². The highest BCUT2D eigenvalue weighted by Gasteiger charge is 2.28. The second-order valence-corrected chi connectivity index (χ2v) is 6.18. The predicted molar refractivity (Wildman–Crippen MR) is 86.0 cm³/mol. The first-order chi connectivity index (χ1) is 10.0. The molecule has 21 heavy (non-hydrogen) atoms. The molecule has 0 saturated carbocycles. The number of hydrogen-bond acceptors (Lipinski definition) is 4. The first-order valence-corrected chi connectivity index (χ1v) is 7.69. The molecule has 0 aliphatic carbocycles. The van der Waals surface area contributed by atoms with Gasteiger partial charge in [0, 0.05) is 25.2 Å². The third-order valence-corrected chi connectivity index (χ3v) is 4.63. The van der Waals surface area contributed by atoms with Crippen molar-refractivity contribution in [1.82, 2.24) is 10.2 Å². The van der Waals surface area contributed by atoms with Gasteiger partial charge in [0.15, 0.2) is 11.5 Å². The smallest absolute Gasteiger partial charge is 0.161 e. The van der Waals surface area contributed by atoms with Gasteiger partial charge in [0.2, 0.25) is 0 Å². The molecule has 0 aromatic heterocycles. The lowest BCUT2D eigenvalue weighted by Gasteiger charge is -2.40. The van der Waals surface area contributed by atoms with Crippen molar-refractivity contribution in [3.63, 3.8) is 0 Å². The molecule has 2 rings (SSSR count). The second-order valence-electron chi connectivity index (χ2n) is 6.18. The summed E-state index contributed by atoms with van der Waals surface area (Å²) in [5.74, 6) is 2.25. The summed E-state index contributed by atoms with van der Waals surface area (Å²) in [6, 6.07) is 7.33. The van der Waals surface area contributed by atoms with Crippen molar-refractivity contribution < 1.29 is 9.47 Å². The minimum atomic E-state index is 0.573. The Labute approximate surface area is 128 Å². The lowest BCUT2D eigenvalue weighted by atomic mass is 9.89. The van der Waals surface area contributed by atoms with E-state index in [0.29, 0.717) is 18.0 Å². The number of methoxy groups -OCH3 is 2. The van der Waals surface area contributed by atoms with Crippen LogP contribution in [-0.2, 0) is 6.54 Å². The van der Waals surface area contributed by atoms with Crippen LogP contribution in [0.4, 0.5) is 0 Å². The molecule has 1 aromatic carbocycles. The van der Waals surface area contributed by atoms with Crippen LogP contribution in [-0.4, -0.2) is 44.8 Å². The number of nitrogens with zero attached hydrogens (tertiary/aromatic N) is 1. The number of rotatable bonds is 5. The molecule has 1 saturated heterocycles. The number of likely N-dealkylation sites (tertiary alicyclic amines) is 1. The van der Waals surface area contributed by atoms with Crippen molar-refractivity contribution >= 4 is 0 Å². The van der Waals surface area contributed by atoms with Crippen LogP contribution in [0.15, 0.2) is 18.2 Å². The van der Waals surface area contributed by atoms with Crippen molar-refractivity contribution in [3.8, 4) is 11.5 Å². The molecule has 0 bridgehead atoms. The van der Waals surface area contributed by atoms with Crippen molar-refractivity contribution in [3.05, 3.63) is 23.8 Å². The summed E-state index contributed by atoms with van der Waals surface area (Å²) >= 11 is 0. The molecular weight excluding hydrogens is 264 g/mol. The summed E-state index contributed by atoms with van der Waals surface area (Å²) in [4.78, 5) is 2.44. The predicted octanol–water partition coefficient (Wildman–Crippen LogP) is 2.52. The van der Waals surface area contributed by atoms with E-state index in [-0.39, 0.29) is 0 Å². The van der Waals surface area contributed by atoms with Crippen LogP contribution in [0.1, 0.15) is 25.8 Å². The fourth-order valence-electron chi connectivity index (χ4n) is 3.07. The molecule has 3 atom stereocenters.